The third-order valence-corrected chi connectivity index (χ3v) is 4.53. The maximum Gasteiger partial charge on any atom is 0.220 e. The topological polar surface area (TPSA) is 72.2 Å². The molecule has 0 aliphatic rings. The van der Waals surface area contributed by atoms with E-state index in [2.05, 4.69) is 19.2 Å². The van der Waals surface area contributed by atoms with Gasteiger partial charge < -0.3 is 11.1 Å². The largest absolute Gasteiger partial charge is 0.370 e. The van der Waals surface area contributed by atoms with Gasteiger partial charge in [0.1, 0.15) is 0 Å². The quantitative estimate of drug-likeness (QED) is 0.372. The molecule has 2 amide bonds. The van der Waals surface area contributed by atoms with Gasteiger partial charge in [-0.25, -0.2) is 0 Å². The van der Waals surface area contributed by atoms with Crippen molar-refractivity contribution in [1.82, 2.24) is 5.32 Å². The first-order chi connectivity index (χ1) is 11.6. The van der Waals surface area contributed by atoms with E-state index >= 15 is 0 Å². The molecule has 0 radical (unpaired) electrons. The Labute approximate surface area is 149 Å². The Kier molecular flexibility index (Phi) is 16.0. The third kappa shape index (κ3) is 15.8. The highest BCUT2D eigenvalue weighted by Crippen LogP contribution is 2.14. The lowest BCUT2D eigenvalue weighted by atomic mass is 10.00. The van der Waals surface area contributed by atoms with Gasteiger partial charge in [0.25, 0.3) is 0 Å². The molecule has 24 heavy (non-hydrogen) atoms. The number of hydrogen-bond acceptors (Lipinski definition) is 2. The molecule has 0 unspecified atom stereocenters. The van der Waals surface area contributed by atoms with E-state index in [-0.39, 0.29) is 24.8 Å². The minimum atomic E-state index is -0.405. The molecule has 0 heterocycles. The van der Waals surface area contributed by atoms with Crippen LogP contribution in [0.4, 0.5) is 0 Å². The summed E-state index contributed by atoms with van der Waals surface area (Å²) in [4.78, 5) is 22.7. The Balaban J connectivity index is 4.03. The van der Waals surface area contributed by atoms with E-state index in [1.54, 1.807) is 0 Å². The zero-order chi connectivity index (χ0) is 18.0. The van der Waals surface area contributed by atoms with E-state index in [0.717, 1.165) is 12.8 Å². The number of nitrogens with one attached hydrogen (secondary N) is 1. The molecule has 0 aliphatic heterocycles. The van der Waals surface area contributed by atoms with Gasteiger partial charge in [-0.2, -0.15) is 0 Å². The van der Waals surface area contributed by atoms with Crippen molar-refractivity contribution in [2.45, 2.75) is 116 Å². The molecule has 4 nitrogen and oxygen atoms in total. The summed E-state index contributed by atoms with van der Waals surface area (Å²) in [5, 5.41) is 3.12. The summed E-state index contributed by atoms with van der Waals surface area (Å²) in [6.45, 7) is 4.45. The van der Waals surface area contributed by atoms with E-state index in [1.165, 1.54) is 70.6 Å². The monoisotopic (exact) mass is 340 g/mol. The zero-order valence-corrected chi connectivity index (χ0v) is 16.1. The molecular weight excluding hydrogens is 300 g/mol. The predicted octanol–water partition coefficient (Wildman–Crippen LogP) is 4.85. The van der Waals surface area contributed by atoms with E-state index in [9.17, 15) is 9.59 Å². The molecular formula is C20H40N2O2. The number of primary amides is 1. The molecule has 0 aromatic carbocycles. The first kappa shape index (κ1) is 22.9. The number of carbonyl (C=O) groups is 2. The molecule has 3 N–H and O–H groups in total. The Morgan fingerprint density at radius 1 is 0.750 bits per heavy atom. The van der Waals surface area contributed by atoms with Crippen LogP contribution in [0, 0.1) is 0 Å². The van der Waals surface area contributed by atoms with E-state index in [1.807, 2.05) is 0 Å². The highest BCUT2D eigenvalue weighted by molar-refractivity contribution is 5.82. The minimum Gasteiger partial charge on any atom is -0.370 e. The predicted molar refractivity (Wildman–Crippen MR) is 102 cm³/mol. The molecule has 0 fully saturated rings. The van der Waals surface area contributed by atoms with Crippen molar-refractivity contribution >= 4 is 11.8 Å². The fourth-order valence-corrected chi connectivity index (χ4v) is 2.99. The van der Waals surface area contributed by atoms with Crippen molar-refractivity contribution in [3.8, 4) is 0 Å². The summed E-state index contributed by atoms with van der Waals surface area (Å²) in [5.41, 5.74) is 5.12. The van der Waals surface area contributed by atoms with Gasteiger partial charge in [-0.05, 0) is 12.8 Å². The highest BCUT2D eigenvalue weighted by Gasteiger charge is 2.12. The Morgan fingerprint density at radius 3 is 1.67 bits per heavy atom. The van der Waals surface area contributed by atoms with Crippen molar-refractivity contribution in [2.75, 3.05) is 0 Å². The lowest BCUT2D eigenvalue weighted by Gasteiger charge is -2.19. The Hall–Kier alpha value is -1.06. The van der Waals surface area contributed by atoms with Crippen molar-refractivity contribution in [1.29, 1.82) is 0 Å². The molecule has 0 aliphatic carbocycles. The van der Waals surface area contributed by atoms with Gasteiger partial charge >= 0.3 is 0 Å². The minimum absolute atomic E-state index is 0.0293. The van der Waals surface area contributed by atoms with E-state index < -0.39 is 5.91 Å². The number of unbranched alkanes of at least 4 members (excludes halogenated alkanes) is 9. The van der Waals surface area contributed by atoms with Gasteiger partial charge in [0.05, 0.1) is 0 Å². The zero-order valence-electron chi connectivity index (χ0n) is 16.1. The lowest BCUT2D eigenvalue weighted by molar-refractivity contribution is -0.125. The van der Waals surface area contributed by atoms with Crippen LogP contribution < -0.4 is 11.1 Å². The summed E-state index contributed by atoms with van der Waals surface area (Å²) >= 11 is 0. The van der Waals surface area contributed by atoms with Gasteiger partial charge in [0.15, 0.2) is 0 Å². The van der Waals surface area contributed by atoms with Crippen LogP contribution >= 0.6 is 0 Å². The molecule has 4 heteroatoms. The molecule has 1 atom stereocenters. The van der Waals surface area contributed by atoms with Gasteiger partial charge in [0.2, 0.25) is 11.8 Å². The summed E-state index contributed by atoms with van der Waals surface area (Å²) in [5.74, 6) is -0.435. The summed E-state index contributed by atoms with van der Waals surface area (Å²) in [7, 11) is 0. The molecule has 0 rings (SSSR count). The molecule has 0 aromatic heterocycles. The van der Waals surface area contributed by atoms with Crippen molar-refractivity contribution in [3.05, 3.63) is 0 Å². The first-order valence-electron chi connectivity index (χ1n) is 10.2. The summed E-state index contributed by atoms with van der Waals surface area (Å²) in [6, 6.07) is 0.262. The number of rotatable bonds is 17. The molecule has 0 saturated carbocycles. The van der Waals surface area contributed by atoms with Crippen LogP contribution in [0.2, 0.25) is 0 Å². The van der Waals surface area contributed by atoms with E-state index in [4.69, 9.17) is 5.73 Å². The van der Waals surface area contributed by atoms with Gasteiger partial charge in [-0.15, -0.1) is 0 Å². The summed E-state index contributed by atoms with van der Waals surface area (Å²) in [6.07, 6.45) is 16.4. The fourth-order valence-electron chi connectivity index (χ4n) is 2.99. The normalized spacial score (nSPS) is 12.1. The average Bonchev–Trinajstić information content (AvgIpc) is 2.55. The third-order valence-electron chi connectivity index (χ3n) is 4.53. The van der Waals surface area contributed by atoms with Crippen LogP contribution in [0.25, 0.3) is 0 Å². The lowest BCUT2D eigenvalue weighted by Crippen LogP contribution is -2.35. The van der Waals surface area contributed by atoms with Crippen LogP contribution in [0.5, 0.6) is 0 Å². The molecule has 0 spiro atoms. The maximum atomic E-state index is 11.9. The second-order valence-electron chi connectivity index (χ2n) is 6.99. The summed E-state index contributed by atoms with van der Waals surface area (Å²) < 4.78 is 0. The second kappa shape index (κ2) is 16.8. The van der Waals surface area contributed by atoms with Crippen molar-refractivity contribution in [2.24, 2.45) is 5.73 Å². The number of hydrogen-bond donors (Lipinski definition) is 2. The number of carbonyl (C=O) groups excluding carboxylic acids is 2. The van der Waals surface area contributed by atoms with Crippen molar-refractivity contribution in [3.63, 3.8) is 0 Å². The number of nitrogens with two attached hydrogens (primary N) is 1. The van der Waals surface area contributed by atoms with Gasteiger partial charge in [-0.1, -0.05) is 84.5 Å². The second-order valence-corrected chi connectivity index (χ2v) is 6.99. The SMILES string of the molecule is CCCCCCCC[C@H](CCCCCCC)NC(=O)CCC(N)=O. The molecule has 0 saturated heterocycles. The van der Waals surface area contributed by atoms with Crippen LogP contribution in [-0.4, -0.2) is 17.9 Å². The van der Waals surface area contributed by atoms with Crippen LogP contribution in [-0.2, 0) is 9.59 Å². The molecule has 142 valence electrons. The van der Waals surface area contributed by atoms with Crippen molar-refractivity contribution < 1.29 is 9.59 Å². The first-order valence-corrected chi connectivity index (χ1v) is 10.2. The number of amides is 2. The van der Waals surface area contributed by atoms with Gasteiger partial charge in [0, 0.05) is 18.9 Å². The van der Waals surface area contributed by atoms with Gasteiger partial charge in [-0.3, -0.25) is 9.59 Å². The van der Waals surface area contributed by atoms with Crippen LogP contribution in [0.15, 0.2) is 0 Å². The highest BCUT2D eigenvalue weighted by atomic mass is 16.2. The Morgan fingerprint density at radius 2 is 1.21 bits per heavy atom. The van der Waals surface area contributed by atoms with Crippen LogP contribution in [0.1, 0.15) is 110 Å². The molecule has 0 bridgehead atoms. The fraction of sp³-hybridized carbons (Fsp3) is 0.900. The molecule has 0 aromatic rings. The Bertz CT molecular complexity index is 319. The van der Waals surface area contributed by atoms with E-state index in [0.29, 0.717) is 0 Å². The smallest absolute Gasteiger partial charge is 0.220 e. The average molecular weight is 341 g/mol. The van der Waals surface area contributed by atoms with Crippen LogP contribution in [0.3, 0.4) is 0 Å². The standard InChI is InChI=1S/C20H40N2O2/c1-3-5-7-9-11-13-15-18(14-12-10-8-6-4-2)22-20(24)17-16-19(21)23/h18H,3-17H2,1-2H3,(H2,21,23)(H,22,24)/t18-/m0/s1. The maximum absolute atomic E-state index is 11.9.